The molecule has 1 fully saturated rings. The van der Waals surface area contributed by atoms with Crippen molar-refractivity contribution in [3.05, 3.63) is 68.0 Å². The van der Waals surface area contributed by atoms with Crippen molar-refractivity contribution in [2.24, 2.45) is 11.8 Å². The minimum Gasteiger partial charge on any atom is -0.487 e. The van der Waals surface area contributed by atoms with Gasteiger partial charge in [0.1, 0.15) is 24.2 Å². The zero-order chi connectivity index (χ0) is 21.7. The molecule has 6 nitrogen and oxygen atoms in total. The summed E-state index contributed by atoms with van der Waals surface area (Å²) >= 11 is 2.29. The van der Waals surface area contributed by atoms with Gasteiger partial charge in [-0.25, -0.2) is 4.68 Å². The Balaban J connectivity index is 1.45. The van der Waals surface area contributed by atoms with Crippen molar-refractivity contribution in [3.63, 3.8) is 0 Å². The highest BCUT2D eigenvalue weighted by atomic mass is 127. The number of aryl methyl sites for hydroxylation is 1. The van der Waals surface area contributed by atoms with E-state index in [-0.39, 0.29) is 23.9 Å². The van der Waals surface area contributed by atoms with E-state index in [4.69, 9.17) is 9.47 Å². The van der Waals surface area contributed by atoms with Crippen LogP contribution in [0.2, 0.25) is 0 Å². The van der Waals surface area contributed by atoms with Crippen LogP contribution in [0.4, 0.5) is 0 Å². The van der Waals surface area contributed by atoms with E-state index in [0.717, 1.165) is 44.7 Å². The third-order valence-corrected chi connectivity index (χ3v) is 7.30. The average Bonchev–Trinajstić information content (AvgIpc) is 3.34. The van der Waals surface area contributed by atoms with Crippen LogP contribution in [-0.4, -0.2) is 21.0 Å². The Morgan fingerprint density at radius 2 is 2.13 bits per heavy atom. The number of carbonyl (C=O) groups is 1. The third kappa shape index (κ3) is 3.52. The van der Waals surface area contributed by atoms with Gasteiger partial charge in [0.15, 0.2) is 0 Å². The fourth-order valence-electron chi connectivity index (χ4n) is 4.90. The highest BCUT2D eigenvalue weighted by molar-refractivity contribution is 14.1. The Morgan fingerprint density at radius 3 is 2.94 bits per heavy atom. The second-order valence-corrected chi connectivity index (χ2v) is 9.71. The summed E-state index contributed by atoms with van der Waals surface area (Å²) in [4.78, 5) is 12.2. The summed E-state index contributed by atoms with van der Waals surface area (Å²) in [6, 6.07) is 10.2. The van der Waals surface area contributed by atoms with Crippen molar-refractivity contribution in [2.45, 2.75) is 46.3 Å². The lowest BCUT2D eigenvalue weighted by molar-refractivity contribution is -0.144. The summed E-state index contributed by atoms with van der Waals surface area (Å²) in [6.45, 7) is 6.52. The second kappa shape index (κ2) is 7.93. The molecule has 1 aromatic heterocycles. The number of hydrogen-bond acceptors (Lipinski definition) is 5. The van der Waals surface area contributed by atoms with Crippen LogP contribution in [0.5, 0.6) is 5.75 Å². The predicted molar refractivity (Wildman–Crippen MR) is 124 cm³/mol. The van der Waals surface area contributed by atoms with Gasteiger partial charge in [0.25, 0.3) is 0 Å². The van der Waals surface area contributed by atoms with Gasteiger partial charge in [0.2, 0.25) is 0 Å². The van der Waals surface area contributed by atoms with Crippen molar-refractivity contribution in [1.82, 2.24) is 15.0 Å². The van der Waals surface area contributed by atoms with Gasteiger partial charge in [-0.3, -0.25) is 4.79 Å². The highest BCUT2D eigenvalue weighted by Gasteiger charge is 2.46. The molecule has 0 radical (unpaired) electrons. The van der Waals surface area contributed by atoms with Crippen LogP contribution in [0.3, 0.4) is 0 Å². The molecule has 0 N–H and O–H groups in total. The second-order valence-electron chi connectivity index (χ2n) is 8.46. The van der Waals surface area contributed by atoms with E-state index < -0.39 is 0 Å². The van der Waals surface area contributed by atoms with Crippen LogP contribution in [0.25, 0.3) is 5.69 Å². The molecular weight excluding hydrogens is 505 g/mol. The van der Waals surface area contributed by atoms with E-state index in [1.54, 1.807) is 10.9 Å². The van der Waals surface area contributed by atoms with Crippen molar-refractivity contribution >= 4 is 28.6 Å². The molecule has 0 bridgehead atoms. The number of hydrogen-bond donors (Lipinski definition) is 0. The fourth-order valence-corrected chi connectivity index (χ4v) is 5.43. The molecule has 2 aromatic carbocycles. The van der Waals surface area contributed by atoms with Gasteiger partial charge in [-0.1, -0.05) is 18.2 Å². The van der Waals surface area contributed by atoms with Crippen molar-refractivity contribution < 1.29 is 14.3 Å². The molecule has 0 unspecified atom stereocenters. The van der Waals surface area contributed by atoms with Crippen LogP contribution >= 0.6 is 22.6 Å². The maximum atomic E-state index is 12.2. The molecule has 1 aliphatic carbocycles. The zero-order valence-corrected chi connectivity index (χ0v) is 19.9. The number of halogens is 1. The first-order valence-electron chi connectivity index (χ1n) is 10.6. The first kappa shape index (κ1) is 20.5. The van der Waals surface area contributed by atoms with Gasteiger partial charge in [-0.15, -0.1) is 5.10 Å². The number of rotatable bonds is 4. The van der Waals surface area contributed by atoms with Crippen LogP contribution in [-0.2, 0) is 22.6 Å². The molecule has 7 heteroatoms. The molecule has 2 aliphatic rings. The molecule has 31 heavy (non-hydrogen) atoms. The number of ether oxygens (including phenoxy) is 2. The van der Waals surface area contributed by atoms with Crippen molar-refractivity contribution in [1.29, 1.82) is 0 Å². The van der Waals surface area contributed by atoms with Gasteiger partial charge in [-0.2, -0.15) is 0 Å². The van der Waals surface area contributed by atoms with Gasteiger partial charge in [0.05, 0.1) is 17.8 Å². The van der Waals surface area contributed by atoms with E-state index in [0.29, 0.717) is 6.61 Å². The Kier molecular flexibility index (Phi) is 5.24. The summed E-state index contributed by atoms with van der Waals surface area (Å²) < 4.78 is 15.0. The molecule has 2 heterocycles. The molecule has 3 atom stereocenters. The highest BCUT2D eigenvalue weighted by Crippen LogP contribution is 2.49. The van der Waals surface area contributed by atoms with Crippen molar-refractivity contribution in [2.75, 3.05) is 0 Å². The van der Waals surface area contributed by atoms with E-state index in [9.17, 15) is 4.79 Å². The van der Waals surface area contributed by atoms with Crippen LogP contribution in [0.1, 0.15) is 47.4 Å². The quantitative estimate of drug-likeness (QED) is 0.357. The maximum absolute atomic E-state index is 12.2. The number of carbonyl (C=O) groups excluding carboxylic acids is 1. The van der Waals surface area contributed by atoms with Gasteiger partial charge < -0.3 is 9.47 Å². The molecule has 1 aliphatic heterocycles. The zero-order valence-electron chi connectivity index (χ0n) is 17.8. The fraction of sp³-hybridized carbons (Fsp3) is 0.375. The third-order valence-electron chi connectivity index (χ3n) is 6.63. The Labute approximate surface area is 195 Å². The number of fused-ring (bicyclic) bond motifs is 3. The molecule has 0 amide bonds. The lowest BCUT2D eigenvalue weighted by Crippen LogP contribution is -2.22. The first-order valence-corrected chi connectivity index (χ1v) is 11.6. The van der Waals surface area contributed by atoms with E-state index in [1.165, 1.54) is 11.1 Å². The molecule has 3 aromatic rings. The minimum atomic E-state index is -0.160. The molecule has 0 spiro atoms. The Bertz CT molecular complexity index is 1170. The topological polar surface area (TPSA) is 66.2 Å². The number of esters is 1. The van der Waals surface area contributed by atoms with Crippen LogP contribution in [0, 0.1) is 29.3 Å². The minimum absolute atomic E-state index is 0.0449. The van der Waals surface area contributed by atoms with Crippen LogP contribution < -0.4 is 4.74 Å². The predicted octanol–water partition coefficient (Wildman–Crippen LogP) is 4.86. The largest absolute Gasteiger partial charge is 0.487 e. The standard InChI is InChI=1S/C24H24IN3O3/c1-13-9-21(15(3)22-19(13)7-8-20-14(2)24(29)31-23(20)22)30-12-18-11-26-27-28(18)17-6-4-5-16(25)10-17/h4-6,9-11,14,20,23H,7-8,12H2,1-3H3/t14-,20-,23+/m0/s1. The van der Waals surface area contributed by atoms with Crippen molar-refractivity contribution in [3.8, 4) is 11.4 Å². The number of nitrogens with zero attached hydrogens (tertiary/aromatic N) is 3. The summed E-state index contributed by atoms with van der Waals surface area (Å²) in [5, 5.41) is 8.32. The smallest absolute Gasteiger partial charge is 0.309 e. The monoisotopic (exact) mass is 529 g/mol. The number of benzene rings is 2. The van der Waals surface area contributed by atoms with E-state index >= 15 is 0 Å². The lowest BCUT2D eigenvalue weighted by atomic mass is 9.74. The summed E-state index contributed by atoms with van der Waals surface area (Å²) in [7, 11) is 0. The SMILES string of the molecule is Cc1cc(OCc2cnnn2-c2cccc(I)c2)c(C)c2c1CC[C@H]1[C@H](C)C(=O)O[C@@H]21. The van der Waals surface area contributed by atoms with Crippen LogP contribution in [0.15, 0.2) is 36.5 Å². The molecule has 5 rings (SSSR count). The summed E-state index contributed by atoms with van der Waals surface area (Å²) in [5.41, 5.74) is 6.53. The van der Waals surface area contributed by atoms with Gasteiger partial charge in [-0.05, 0) is 90.2 Å². The summed E-state index contributed by atoms with van der Waals surface area (Å²) in [6.07, 6.45) is 3.54. The van der Waals surface area contributed by atoms with Gasteiger partial charge >= 0.3 is 5.97 Å². The van der Waals surface area contributed by atoms with E-state index in [1.807, 2.05) is 25.1 Å². The Morgan fingerprint density at radius 1 is 1.29 bits per heavy atom. The maximum Gasteiger partial charge on any atom is 0.309 e. The number of aromatic nitrogens is 3. The molecular formula is C24H24IN3O3. The summed E-state index contributed by atoms with van der Waals surface area (Å²) in [5.74, 6) is 0.942. The first-order chi connectivity index (χ1) is 14.9. The van der Waals surface area contributed by atoms with Gasteiger partial charge in [0, 0.05) is 15.1 Å². The molecule has 0 saturated carbocycles. The Hall–Kier alpha value is -2.42. The molecule has 1 saturated heterocycles. The molecule has 160 valence electrons. The normalized spacial score (nSPS) is 22.1. The van der Waals surface area contributed by atoms with E-state index in [2.05, 4.69) is 58.9 Å². The average molecular weight is 529 g/mol. The lowest BCUT2D eigenvalue weighted by Gasteiger charge is -2.31.